The van der Waals surface area contributed by atoms with Crippen molar-refractivity contribution in [3.05, 3.63) is 71.3 Å². The maximum atomic E-state index is 12.1. The molecule has 0 fully saturated rings. The van der Waals surface area contributed by atoms with Crippen LogP contribution in [0.2, 0.25) is 0 Å². The van der Waals surface area contributed by atoms with Crippen LogP contribution >= 0.6 is 0 Å². The molecule has 0 unspecified atom stereocenters. The van der Waals surface area contributed by atoms with Crippen LogP contribution in [0.1, 0.15) is 29.5 Å². The number of nitrogens with zero attached hydrogens (tertiary/aromatic N) is 2. The standard InChI is InChI=1S/C24H32N4O2/c1-27(18-20-8-3-2-4-9-20)24(30)26-15-12-23(29)25-14-7-16-28-17-13-21-10-5-6-11-22(21)19-28/h2-6,8-11H,7,12-19H2,1H3,(H,25,29)(H,26,30). The molecule has 30 heavy (non-hydrogen) atoms. The van der Waals surface area contributed by atoms with Crippen LogP contribution in [-0.2, 0) is 24.3 Å². The van der Waals surface area contributed by atoms with E-state index in [1.807, 2.05) is 30.3 Å². The first-order valence-electron chi connectivity index (χ1n) is 10.7. The molecule has 0 atom stereocenters. The third-order valence-electron chi connectivity index (χ3n) is 5.42. The van der Waals surface area contributed by atoms with Gasteiger partial charge in [-0.15, -0.1) is 0 Å². The van der Waals surface area contributed by atoms with Crippen LogP contribution in [0.25, 0.3) is 0 Å². The topological polar surface area (TPSA) is 64.7 Å². The molecule has 6 heteroatoms. The van der Waals surface area contributed by atoms with Gasteiger partial charge in [0.15, 0.2) is 0 Å². The smallest absolute Gasteiger partial charge is 0.317 e. The predicted octanol–water partition coefficient (Wildman–Crippen LogP) is 2.78. The van der Waals surface area contributed by atoms with Gasteiger partial charge in [-0.25, -0.2) is 4.79 Å². The van der Waals surface area contributed by atoms with Crippen molar-refractivity contribution in [2.45, 2.75) is 32.4 Å². The monoisotopic (exact) mass is 408 g/mol. The van der Waals surface area contributed by atoms with E-state index < -0.39 is 0 Å². The van der Waals surface area contributed by atoms with Gasteiger partial charge in [-0.3, -0.25) is 9.69 Å². The molecular weight excluding hydrogens is 376 g/mol. The number of rotatable bonds is 9. The maximum absolute atomic E-state index is 12.1. The molecule has 1 heterocycles. The summed E-state index contributed by atoms with van der Waals surface area (Å²) in [6.45, 7) is 4.60. The summed E-state index contributed by atoms with van der Waals surface area (Å²) >= 11 is 0. The molecule has 0 radical (unpaired) electrons. The van der Waals surface area contributed by atoms with E-state index in [0.29, 0.717) is 26.1 Å². The summed E-state index contributed by atoms with van der Waals surface area (Å²) in [4.78, 5) is 28.2. The average molecular weight is 409 g/mol. The molecule has 160 valence electrons. The van der Waals surface area contributed by atoms with Crippen molar-refractivity contribution >= 4 is 11.9 Å². The number of carbonyl (C=O) groups is 2. The molecule has 0 spiro atoms. The molecule has 2 aromatic rings. The quantitative estimate of drug-likeness (QED) is 0.627. The third kappa shape index (κ3) is 6.88. The number of benzene rings is 2. The Labute approximate surface area is 179 Å². The second-order valence-corrected chi connectivity index (χ2v) is 7.82. The summed E-state index contributed by atoms with van der Waals surface area (Å²) in [5.41, 5.74) is 3.95. The van der Waals surface area contributed by atoms with Crippen molar-refractivity contribution in [2.24, 2.45) is 0 Å². The zero-order chi connectivity index (χ0) is 21.2. The highest BCUT2D eigenvalue weighted by molar-refractivity contribution is 5.78. The first kappa shape index (κ1) is 21.8. The van der Waals surface area contributed by atoms with Gasteiger partial charge in [-0.2, -0.15) is 0 Å². The first-order chi connectivity index (χ1) is 14.6. The second-order valence-electron chi connectivity index (χ2n) is 7.82. The van der Waals surface area contributed by atoms with Crippen LogP contribution < -0.4 is 10.6 Å². The van der Waals surface area contributed by atoms with Crippen molar-refractivity contribution in [1.29, 1.82) is 0 Å². The Morgan fingerprint density at radius 1 is 0.967 bits per heavy atom. The summed E-state index contributed by atoms with van der Waals surface area (Å²) in [6, 6.07) is 18.3. The van der Waals surface area contributed by atoms with E-state index in [9.17, 15) is 9.59 Å². The molecule has 0 bridgehead atoms. The second kappa shape index (κ2) is 11.4. The van der Waals surface area contributed by atoms with Crippen LogP contribution in [0.15, 0.2) is 54.6 Å². The Balaban J connectivity index is 1.24. The van der Waals surface area contributed by atoms with Crippen molar-refractivity contribution < 1.29 is 9.59 Å². The van der Waals surface area contributed by atoms with E-state index in [1.54, 1.807) is 11.9 Å². The van der Waals surface area contributed by atoms with Crippen molar-refractivity contribution in [1.82, 2.24) is 20.4 Å². The highest BCUT2D eigenvalue weighted by Crippen LogP contribution is 2.18. The van der Waals surface area contributed by atoms with Gasteiger partial charge >= 0.3 is 6.03 Å². The highest BCUT2D eigenvalue weighted by atomic mass is 16.2. The van der Waals surface area contributed by atoms with Gasteiger partial charge in [-0.05, 0) is 29.5 Å². The fourth-order valence-electron chi connectivity index (χ4n) is 3.71. The zero-order valence-corrected chi connectivity index (χ0v) is 17.8. The number of hydrogen-bond donors (Lipinski definition) is 2. The number of hydrogen-bond acceptors (Lipinski definition) is 3. The first-order valence-corrected chi connectivity index (χ1v) is 10.7. The molecule has 0 aromatic heterocycles. The maximum Gasteiger partial charge on any atom is 0.317 e. The minimum atomic E-state index is -0.169. The van der Waals surface area contributed by atoms with Crippen LogP contribution in [0, 0.1) is 0 Å². The molecule has 3 rings (SSSR count). The molecule has 2 N–H and O–H groups in total. The lowest BCUT2D eigenvalue weighted by molar-refractivity contribution is -0.120. The molecule has 0 saturated heterocycles. The van der Waals surface area contributed by atoms with Crippen LogP contribution in [0.3, 0.4) is 0 Å². The van der Waals surface area contributed by atoms with Gasteiger partial charge in [0.1, 0.15) is 0 Å². The molecule has 2 aromatic carbocycles. The summed E-state index contributed by atoms with van der Waals surface area (Å²) in [6.07, 6.45) is 2.32. The van der Waals surface area contributed by atoms with Gasteiger partial charge in [-0.1, -0.05) is 54.6 Å². The molecule has 0 saturated carbocycles. The third-order valence-corrected chi connectivity index (χ3v) is 5.42. The summed E-state index contributed by atoms with van der Waals surface area (Å²) in [7, 11) is 1.75. The van der Waals surface area contributed by atoms with Crippen molar-refractivity contribution in [3.63, 3.8) is 0 Å². The molecule has 6 nitrogen and oxygen atoms in total. The van der Waals surface area contributed by atoms with Crippen LogP contribution in [0.4, 0.5) is 4.79 Å². The zero-order valence-electron chi connectivity index (χ0n) is 17.8. The Morgan fingerprint density at radius 3 is 2.50 bits per heavy atom. The molecular formula is C24H32N4O2. The number of fused-ring (bicyclic) bond motifs is 1. The average Bonchev–Trinajstić information content (AvgIpc) is 2.77. The van der Waals surface area contributed by atoms with Gasteiger partial charge in [0.25, 0.3) is 0 Å². The molecule has 3 amide bonds. The van der Waals surface area contributed by atoms with E-state index >= 15 is 0 Å². The lowest BCUT2D eigenvalue weighted by atomic mass is 10.00. The molecule has 1 aliphatic rings. The molecule has 0 aliphatic carbocycles. The number of amides is 3. The van der Waals surface area contributed by atoms with Gasteiger partial charge in [0.05, 0.1) is 0 Å². The van der Waals surface area contributed by atoms with E-state index in [4.69, 9.17) is 0 Å². The summed E-state index contributed by atoms with van der Waals surface area (Å²) < 4.78 is 0. The van der Waals surface area contributed by atoms with E-state index in [1.165, 1.54) is 11.1 Å². The largest absolute Gasteiger partial charge is 0.356 e. The lowest BCUT2D eigenvalue weighted by Gasteiger charge is -2.28. The van der Waals surface area contributed by atoms with E-state index in [0.717, 1.165) is 38.0 Å². The molecule has 1 aliphatic heterocycles. The number of carbonyl (C=O) groups excluding carboxylic acids is 2. The van der Waals surface area contributed by atoms with Gasteiger partial charge < -0.3 is 15.5 Å². The lowest BCUT2D eigenvalue weighted by Crippen LogP contribution is -2.39. The summed E-state index contributed by atoms with van der Waals surface area (Å²) in [5, 5.41) is 5.76. The van der Waals surface area contributed by atoms with E-state index in [-0.39, 0.29) is 11.9 Å². The van der Waals surface area contributed by atoms with Crippen molar-refractivity contribution in [2.75, 3.05) is 33.2 Å². The fraction of sp³-hybridized carbons (Fsp3) is 0.417. The van der Waals surface area contributed by atoms with E-state index in [2.05, 4.69) is 39.8 Å². The minimum Gasteiger partial charge on any atom is -0.356 e. The number of urea groups is 1. The normalized spacial score (nSPS) is 13.4. The summed E-state index contributed by atoms with van der Waals surface area (Å²) in [5.74, 6) is -0.0231. The van der Waals surface area contributed by atoms with Gasteiger partial charge in [0.2, 0.25) is 5.91 Å². The Hall–Kier alpha value is -2.86. The minimum absolute atomic E-state index is 0.0231. The van der Waals surface area contributed by atoms with Crippen LogP contribution in [-0.4, -0.2) is 55.0 Å². The predicted molar refractivity (Wildman–Crippen MR) is 119 cm³/mol. The highest BCUT2D eigenvalue weighted by Gasteiger charge is 2.15. The SMILES string of the molecule is CN(Cc1ccccc1)C(=O)NCCC(=O)NCCCN1CCc2ccccc2C1. The van der Waals surface area contributed by atoms with Crippen molar-refractivity contribution in [3.8, 4) is 0 Å². The van der Waals surface area contributed by atoms with Gasteiger partial charge in [0, 0.05) is 52.7 Å². The Bertz CT molecular complexity index is 825. The Kier molecular flexibility index (Phi) is 8.27. The Morgan fingerprint density at radius 2 is 1.70 bits per heavy atom. The fourth-order valence-corrected chi connectivity index (χ4v) is 3.71. The number of nitrogens with one attached hydrogen (secondary N) is 2. The van der Waals surface area contributed by atoms with Crippen LogP contribution in [0.5, 0.6) is 0 Å².